The molecule has 184 valence electrons. The van der Waals surface area contributed by atoms with E-state index in [0.29, 0.717) is 31.7 Å². The lowest BCUT2D eigenvalue weighted by atomic mass is 9.52. The number of fused-ring (bicyclic) bond motifs is 2. The van der Waals surface area contributed by atoms with Crippen molar-refractivity contribution in [2.24, 2.45) is 16.7 Å². The predicted octanol–water partition coefficient (Wildman–Crippen LogP) is 4.67. The third-order valence-electron chi connectivity index (χ3n) is 8.58. The highest BCUT2D eigenvalue weighted by Crippen LogP contribution is 2.53. The lowest BCUT2D eigenvalue weighted by Gasteiger charge is -2.60. The van der Waals surface area contributed by atoms with Crippen molar-refractivity contribution in [1.82, 2.24) is 4.90 Å². The van der Waals surface area contributed by atoms with E-state index >= 15 is 0 Å². The molecule has 2 aliphatic carbocycles. The number of hydrogen-bond acceptors (Lipinski definition) is 4. The second-order valence-corrected chi connectivity index (χ2v) is 11.1. The highest BCUT2D eigenvalue weighted by atomic mass is 16.3. The number of carbonyl (C=O) groups is 1. The van der Waals surface area contributed by atoms with Crippen LogP contribution < -0.4 is 0 Å². The first-order chi connectivity index (χ1) is 16.0. The van der Waals surface area contributed by atoms with Gasteiger partial charge in [-0.15, -0.1) is 0 Å². The number of aliphatic hydroxyl groups excluding tert-OH is 2. The minimum Gasteiger partial charge on any atom is -0.392 e. The topological polar surface area (TPSA) is 60.8 Å². The van der Waals surface area contributed by atoms with Crippen LogP contribution in [0.1, 0.15) is 57.1 Å². The van der Waals surface area contributed by atoms with Gasteiger partial charge >= 0.3 is 0 Å². The summed E-state index contributed by atoms with van der Waals surface area (Å²) in [6, 6.07) is 20.2. The van der Waals surface area contributed by atoms with Crippen LogP contribution in [0.4, 0.5) is 0 Å². The van der Waals surface area contributed by atoms with E-state index in [4.69, 9.17) is 0 Å². The fourth-order valence-corrected chi connectivity index (χ4v) is 7.18. The Hall–Kier alpha value is -2.01. The Morgan fingerprint density at radius 3 is 2.18 bits per heavy atom. The number of benzene rings is 2. The van der Waals surface area contributed by atoms with Gasteiger partial charge in [-0.25, -0.2) is 0 Å². The molecule has 0 aromatic heterocycles. The fourth-order valence-electron chi connectivity index (χ4n) is 7.18. The van der Waals surface area contributed by atoms with Gasteiger partial charge in [0, 0.05) is 43.3 Å². The minimum absolute atomic E-state index is 0. The third-order valence-corrected chi connectivity index (χ3v) is 8.58. The Morgan fingerprint density at radius 1 is 0.912 bits per heavy atom. The average Bonchev–Trinajstić information content (AvgIpc) is 3.30. The highest BCUT2D eigenvalue weighted by molar-refractivity contribution is 5.82. The lowest BCUT2D eigenvalue weighted by molar-refractivity contribution is -0.205. The maximum absolute atomic E-state index is 13.2. The molecule has 2 N–H and O–H groups in total. The summed E-state index contributed by atoms with van der Waals surface area (Å²) in [6.07, 6.45) is 5.46. The summed E-state index contributed by atoms with van der Waals surface area (Å²) in [6.45, 7) is 2.34. The van der Waals surface area contributed by atoms with Crippen LogP contribution in [0.5, 0.6) is 0 Å². The number of hydrogen-bond donors (Lipinski definition) is 2. The van der Waals surface area contributed by atoms with Crippen LogP contribution in [0.3, 0.4) is 0 Å². The van der Waals surface area contributed by atoms with Gasteiger partial charge in [-0.3, -0.25) is 4.79 Å². The molecule has 2 aromatic carbocycles. The van der Waals surface area contributed by atoms with Gasteiger partial charge in [0.2, 0.25) is 0 Å². The number of piperidine rings is 1. The van der Waals surface area contributed by atoms with Crippen molar-refractivity contribution in [2.75, 3.05) is 19.6 Å². The van der Waals surface area contributed by atoms with Gasteiger partial charge < -0.3 is 15.1 Å². The van der Waals surface area contributed by atoms with Gasteiger partial charge in [-0.1, -0.05) is 80.9 Å². The summed E-state index contributed by atoms with van der Waals surface area (Å²) < 4.78 is 0. The highest BCUT2D eigenvalue weighted by Gasteiger charge is 2.62. The molecule has 0 radical (unpaired) electrons. The van der Waals surface area contributed by atoms with Crippen LogP contribution in [-0.4, -0.2) is 52.7 Å². The minimum atomic E-state index is -0.823. The number of aliphatic hydroxyl groups is 2. The summed E-state index contributed by atoms with van der Waals surface area (Å²) in [5.41, 5.74) is 0.828. The second-order valence-electron chi connectivity index (χ2n) is 11.1. The van der Waals surface area contributed by atoms with E-state index in [1.165, 1.54) is 25.7 Å². The van der Waals surface area contributed by atoms with Crippen LogP contribution >= 0.6 is 0 Å². The predicted molar refractivity (Wildman–Crippen MR) is 137 cm³/mol. The second kappa shape index (κ2) is 10.3. The monoisotopic (exact) mass is 463 g/mol. The molecule has 1 aliphatic heterocycles. The average molecular weight is 464 g/mol. The van der Waals surface area contributed by atoms with E-state index in [1.807, 2.05) is 48.5 Å². The Balaban J connectivity index is 0.00000274. The zero-order chi connectivity index (χ0) is 22.9. The molecule has 4 nitrogen and oxygen atoms in total. The molecule has 0 spiro atoms. The number of nitrogens with zero attached hydrogens (tertiary/aromatic N) is 1. The van der Waals surface area contributed by atoms with Crippen molar-refractivity contribution in [3.05, 3.63) is 71.8 Å². The third kappa shape index (κ3) is 4.86. The quantitative estimate of drug-likeness (QED) is 0.626. The van der Waals surface area contributed by atoms with Gasteiger partial charge in [0.25, 0.3) is 0 Å². The van der Waals surface area contributed by atoms with E-state index in [-0.39, 0.29) is 19.6 Å². The summed E-state index contributed by atoms with van der Waals surface area (Å²) in [5.74, 6) is 0.873. The van der Waals surface area contributed by atoms with Crippen molar-refractivity contribution in [3.8, 4) is 0 Å². The molecule has 0 amide bonds. The summed E-state index contributed by atoms with van der Waals surface area (Å²) in [4.78, 5) is 15.7. The van der Waals surface area contributed by atoms with Gasteiger partial charge in [0.15, 0.2) is 0 Å². The van der Waals surface area contributed by atoms with E-state index in [9.17, 15) is 15.0 Å². The van der Waals surface area contributed by atoms with Gasteiger partial charge in [0.1, 0.15) is 5.78 Å². The molecule has 2 aromatic rings. The molecule has 2 saturated carbocycles. The molecule has 3 fully saturated rings. The zero-order valence-corrected chi connectivity index (χ0v) is 19.5. The number of Topliss-reactive ketones (excluding diaryl/α,β-unsaturated/α-hetero) is 1. The number of ketones is 1. The van der Waals surface area contributed by atoms with E-state index in [0.717, 1.165) is 24.2 Å². The molecule has 3 unspecified atom stereocenters. The first kappa shape index (κ1) is 25.1. The molecular weight excluding hydrogens is 422 g/mol. The van der Waals surface area contributed by atoms with Gasteiger partial charge in [-0.2, -0.15) is 0 Å². The zero-order valence-electron chi connectivity index (χ0n) is 19.5. The largest absolute Gasteiger partial charge is 0.392 e. The maximum Gasteiger partial charge on any atom is 0.134 e. The molecule has 2 bridgehead atoms. The van der Waals surface area contributed by atoms with Crippen LogP contribution in [0.15, 0.2) is 60.7 Å². The summed E-state index contributed by atoms with van der Waals surface area (Å²) in [7, 11) is 0. The summed E-state index contributed by atoms with van der Waals surface area (Å²) in [5, 5.41) is 23.6. The van der Waals surface area contributed by atoms with Gasteiger partial charge in [0.05, 0.1) is 12.2 Å². The Kier molecular flexibility index (Phi) is 7.61. The first-order valence-electron chi connectivity index (χ1n) is 12.7. The lowest BCUT2D eigenvalue weighted by Crippen LogP contribution is -2.70. The maximum atomic E-state index is 13.2. The first-order valence-corrected chi connectivity index (χ1v) is 12.7. The number of carbonyl (C=O) groups excluding carboxylic acids is 1. The van der Waals surface area contributed by atoms with Crippen LogP contribution in [0.25, 0.3) is 0 Å². The van der Waals surface area contributed by atoms with Crippen molar-refractivity contribution in [2.45, 2.75) is 71.0 Å². The molecular formula is C30H41NO3. The molecule has 4 atom stereocenters. The fraction of sp³-hybridized carbons (Fsp3) is 0.567. The summed E-state index contributed by atoms with van der Waals surface area (Å²) >= 11 is 0. The standard InChI is InChI=1S/C29H37NO3.CH4/c31-25-17-28(16-23-11-5-2-6-12-23)20-30(19-24-13-7-8-14-24)21-29(18-25,27(28)33)26(32)15-22-9-3-1-4-10-22;/h1-6,9-12,24,26-27,32-33H,7-8,13-21H2;1H4/t26-,27?,28?,29?;/m0./s1. The molecule has 3 aliphatic rings. The molecule has 5 rings (SSSR count). The van der Waals surface area contributed by atoms with Crippen LogP contribution in [-0.2, 0) is 17.6 Å². The molecule has 34 heavy (non-hydrogen) atoms. The van der Waals surface area contributed by atoms with Crippen molar-refractivity contribution in [3.63, 3.8) is 0 Å². The molecule has 4 heteroatoms. The van der Waals surface area contributed by atoms with Crippen LogP contribution in [0, 0.1) is 16.7 Å². The Morgan fingerprint density at radius 2 is 1.53 bits per heavy atom. The van der Waals surface area contributed by atoms with Crippen molar-refractivity contribution in [1.29, 1.82) is 0 Å². The van der Waals surface area contributed by atoms with Gasteiger partial charge in [-0.05, 0) is 42.7 Å². The molecule has 1 saturated heterocycles. The van der Waals surface area contributed by atoms with Crippen molar-refractivity contribution >= 4 is 5.78 Å². The Labute approximate surface area is 205 Å². The Bertz CT molecular complexity index is 942. The van der Waals surface area contributed by atoms with E-state index in [2.05, 4.69) is 17.0 Å². The molecule has 1 heterocycles. The van der Waals surface area contributed by atoms with E-state index < -0.39 is 23.0 Å². The normalized spacial score (nSPS) is 30.6. The number of rotatable bonds is 7. The van der Waals surface area contributed by atoms with Crippen LogP contribution in [0.2, 0.25) is 0 Å². The smallest absolute Gasteiger partial charge is 0.134 e. The van der Waals surface area contributed by atoms with E-state index in [1.54, 1.807) is 0 Å². The SMILES string of the molecule is C.O=C1CC2(Cc3ccccc3)CN(CC3CCCC3)CC([C@@H](O)Cc3ccccc3)(C1)C2O. The van der Waals surface area contributed by atoms with Crippen molar-refractivity contribution < 1.29 is 15.0 Å². The number of likely N-dealkylation sites (tertiary alicyclic amines) is 1.